The third kappa shape index (κ3) is 1.61. The third-order valence-electron chi connectivity index (χ3n) is 0.911. The summed E-state index contributed by atoms with van der Waals surface area (Å²) in [5, 5.41) is 11.1. The Morgan fingerprint density at radius 1 is 1.60 bits per heavy atom. The van der Waals surface area contributed by atoms with Crippen LogP contribution in [0.25, 0.3) is 0 Å². The Kier molecular flexibility index (Phi) is 2.08. The molecule has 1 rings (SSSR count). The molecule has 0 saturated carbocycles. The second-order valence-electron chi connectivity index (χ2n) is 1.60. The van der Waals surface area contributed by atoms with Crippen LogP contribution in [0.5, 0.6) is 0 Å². The summed E-state index contributed by atoms with van der Waals surface area (Å²) in [6.07, 6.45) is 3.22. The summed E-state index contributed by atoms with van der Waals surface area (Å²) in [5.41, 5.74) is 0. The van der Waals surface area contributed by atoms with E-state index in [1.807, 2.05) is 0 Å². The van der Waals surface area contributed by atoms with Crippen molar-refractivity contribution in [2.45, 2.75) is 0 Å². The Balaban J connectivity index is 2.81. The zero-order valence-corrected chi connectivity index (χ0v) is 5.76. The van der Waals surface area contributed by atoms with Gasteiger partial charge in [-0.05, 0) is 12.1 Å². The number of pyridine rings is 1. The normalized spacial score (nSPS) is 8.40. The summed E-state index contributed by atoms with van der Waals surface area (Å²) < 4.78 is 0. The average molecular weight is 154 g/mol. The SMILES string of the molecule is N#CNc1ccc(Cl)cn1. The maximum Gasteiger partial charge on any atom is 0.182 e. The van der Waals surface area contributed by atoms with E-state index >= 15 is 0 Å². The van der Waals surface area contributed by atoms with Crippen molar-refractivity contribution in [3.63, 3.8) is 0 Å². The molecule has 0 aliphatic carbocycles. The number of nitriles is 1. The van der Waals surface area contributed by atoms with E-state index < -0.39 is 0 Å². The lowest BCUT2D eigenvalue weighted by atomic mass is 10.5. The molecule has 0 amide bonds. The van der Waals surface area contributed by atoms with Gasteiger partial charge in [-0.1, -0.05) is 11.6 Å². The van der Waals surface area contributed by atoms with E-state index in [-0.39, 0.29) is 0 Å². The van der Waals surface area contributed by atoms with Gasteiger partial charge in [0, 0.05) is 6.20 Å². The van der Waals surface area contributed by atoms with Crippen molar-refractivity contribution >= 4 is 17.4 Å². The minimum absolute atomic E-state index is 0.506. The summed E-state index contributed by atoms with van der Waals surface area (Å²) in [6.45, 7) is 0. The minimum Gasteiger partial charge on any atom is -0.277 e. The number of nitrogens with zero attached hydrogens (tertiary/aromatic N) is 2. The molecule has 50 valence electrons. The number of anilines is 1. The number of hydrogen-bond acceptors (Lipinski definition) is 3. The zero-order chi connectivity index (χ0) is 7.40. The summed E-state index contributed by atoms with van der Waals surface area (Å²) in [5.74, 6) is 0.506. The second kappa shape index (κ2) is 3.04. The van der Waals surface area contributed by atoms with Crippen molar-refractivity contribution in [1.29, 1.82) is 5.26 Å². The van der Waals surface area contributed by atoms with E-state index in [1.54, 1.807) is 18.3 Å². The molecule has 0 unspecified atom stereocenters. The minimum atomic E-state index is 0.506. The molecule has 0 atom stereocenters. The predicted molar refractivity (Wildman–Crippen MR) is 38.5 cm³/mol. The highest BCUT2D eigenvalue weighted by molar-refractivity contribution is 6.30. The molecule has 0 saturated heterocycles. The van der Waals surface area contributed by atoms with Crippen molar-refractivity contribution in [2.75, 3.05) is 5.32 Å². The summed E-state index contributed by atoms with van der Waals surface area (Å²) in [6, 6.07) is 3.29. The Labute approximate surface area is 63.3 Å². The molecule has 1 N–H and O–H groups in total. The van der Waals surface area contributed by atoms with E-state index in [0.29, 0.717) is 10.8 Å². The highest BCUT2D eigenvalue weighted by atomic mass is 35.5. The number of halogens is 1. The number of rotatable bonds is 1. The van der Waals surface area contributed by atoms with Gasteiger partial charge in [0.2, 0.25) is 0 Å². The van der Waals surface area contributed by atoms with Crippen LogP contribution in [0.2, 0.25) is 5.02 Å². The first-order valence-electron chi connectivity index (χ1n) is 2.59. The maximum absolute atomic E-state index is 8.15. The topological polar surface area (TPSA) is 48.7 Å². The van der Waals surface area contributed by atoms with Gasteiger partial charge in [-0.15, -0.1) is 0 Å². The van der Waals surface area contributed by atoms with E-state index in [2.05, 4.69) is 10.3 Å². The van der Waals surface area contributed by atoms with Gasteiger partial charge in [-0.25, -0.2) is 4.98 Å². The molecule has 0 fully saturated rings. The van der Waals surface area contributed by atoms with Gasteiger partial charge in [-0.3, -0.25) is 5.32 Å². The summed E-state index contributed by atoms with van der Waals surface area (Å²) in [7, 11) is 0. The number of nitrogens with one attached hydrogen (secondary N) is 1. The predicted octanol–water partition coefficient (Wildman–Crippen LogP) is 1.63. The molecular formula is C6H4ClN3. The molecule has 10 heavy (non-hydrogen) atoms. The van der Waals surface area contributed by atoms with Crippen LogP contribution >= 0.6 is 11.6 Å². The summed E-state index contributed by atoms with van der Waals surface area (Å²) >= 11 is 5.54. The highest BCUT2D eigenvalue weighted by Crippen LogP contribution is 2.08. The fourth-order valence-electron chi connectivity index (χ4n) is 0.507. The van der Waals surface area contributed by atoms with Crippen molar-refractivity contribution in [2.24, 2.45) is 0 Å². The Hall–Kier alpha value is -1.27. The van der Waals surface area contributed by atoms with E-state index in [1.165, 1.54) is 6.20 Å². The molecule has 0 aliphatic rings. The lowest BCUT2D eigenvalue weighted by molar-refractivity contribution is 1.30. The lowest BCUT2D eigenvalue weighted by Crippen LogP contribution is -1.89. The molecule has 1 aromatic heterocycles. The van der Waals surface area contributed by atoms with Crippen LogP contribution in [0.15, 0.2) is 18.3 Å². The van der Waals surface area contributed by atoms with Gasteiger partial charge >= 0.3 is 0 Å². The van der Waals surface area contributed by atoms with Crippen LogP contribution in [-0.2, 0) is 0 Å². The third-order valence-corrected chi connectivity index (χ3v) is 1.13. The zero-order valence-electron chi connectivity index (χ0n) is 5.00. The van der Waals surface area contributed by atoms with Gasteiger partial charge in [-0.2, -0.15) is 5.26 Å². The molecule has 0 bridgehead atoms. The molecule has 1 aromatic rings. The fourth-order valence-corrected chi connectivity index (χ4v) is 0.619. The largest absolute Gasteiger partial charge is 0.277 e. The van der Waals surface area contributed by atoms with Crippen molar-refractivity contribution in [1.82, 2.24) is 4.98 Å². The molecular weight excluding hydrogens is 150 g/mol. The van der Waals surface area contributed by atoms with Crippen LogP contribution in [-0.4, -0.2) is 4.98 Å². The van der Waals surface area contributed by atoms with Crippen molar-refractivity contribution in [3.8, 4) is 6.19 Å². The van der Waals surface area contributed by atoms with Crippen molar-refractivity contribution < 1.29 is 0 Å². The molecule has 0 aliphatic heterocycles. The van der Waals surface area contributed by atoms with Crippen LogP contribution < -0.4 is 5.32 Å². The molecule has 0 radical (unpaired) electrons. The standard InChI is InChI=1S/C6H4ClN3/c7-5-1-2-6(9-3-5)10-4-8/h1-3H,(H,9,10). The van der Waals surface area contributed by atoms with E-state index in [9.17, 15) is 0 Å². The monoisotopic (exact) mass is 153 g/mol. The Morgan fingerprint density at radius 2 is 2.40 bits per heavy atom. The van der Waals surface area contributed by atoms with E-state index in [0.717, 1.165) is 0 Å². The first-order valence-corrected chi connectivity index (χ1v) is 2.97. The maximum atomic E-state index is 8.15. The number of hydrogen-bond donors (Lipinski definition) is 1. The van der Waals surface area contributed by atoms with Crippen LogP contribution in [0.3, 0.4) is 0 Å². The molecule has 1 heterocycles. The first-order chi connectivity index (χ1) is 4.83. The smallest absolute Gasteiger partial charge is 0.182 e. The fraction of sp³-hybridized carbons (Fsp3) is 0. The van der Waals surface area contributed by atoms with E-state index in [4.69, 9.17) is 16.9 Å². The first kappa shape index (κ1) is 6.84. The summed E-state index contributed by atoms with van der Waals surface area (Å²) in [4.78, 5) is 3.80. The van der Waals surface area contributed by atoms with Gasteiger partial charge in [0.1, 0.15) is 5.82 Å². The molecule has 3 nitrogen and oxygen atoms in total. The Morgan fingerprint density at radius 3 is 2.90 bits per heavy atom. The molecule has 4 heteroatoms. The van der Waals surface area contributed by atoms with Gasteiger partial charge in [0.25, 0.3) is 0 Å². The van der Waals surface area contributed by atoms with Crippen LogP contribution in [0, 0.1) is 11.5 Å². The quantitative estimate of drug-likeness (QED) is 0.493. The van der Waals surface area contributed by atoms with Crippen LogP contribution in [0.4, 0.5) is 5.82 Å². The molecule has 0 aromatic carbocycles. The lowest BCUT2D eigenvalue weighted by Gasteiger charge is -1.93. The van der Waals surface area contributed by atoms with Gasteiger partial charge in [0.05, 0.1) is 5.02 Å². The molecule has 0 spiro atoms. The van der Waals surface area contributed by atoms with Crippen LogP contribution in [0.1, 0.15) is 0 Å². The van der Waals surface area contributed by atoms with Crippen molar-refractivity contribution in [3.05, 3.63) is 23.4 Å². The van der Waals surface area contributed by atoms with Gasteiger partial charge < -0.3 is 0 Å². The Bertz CT molecular complexity index is 249. The van der Waals surface area contributed by atoms with Gasteiger partial charge in [0.15, 0.2) is 6.19 Å². The average Bonchev–Trinajstić information content (AvgIpc) is 1.95. The second-order valence-corrected chi connectivity index (χ2v) is 2.03. The number of aromatic nitrogens is 1. The highest BCUT2D eigenvalue weighted by Gasteiger charge is 1.89.